The summed E-state index contributed by atoms with van der Waals surface area (Å²) >= 11 is 5.84. The summed E-state index contributed by atoms with van der Waals surface area (Å²) < 4.78 is 0. The smallest absolute Gasteiger partial charge is 0.251 e. The van der Waals surface area contributed by atoms with Gasteiger partial charge in [0.25, 0.3) is 5.91 Å². The van der Waals surface area contributed by atoms with Crippen molar-refractivity contribution < 1.29 is 9.59 Å². The van der Waals surface area contributed by atoms with Gasteiger partial charge in [-0.25, -0.2) is 9.97 Å². The van der Waals surface area contributed by atoms with E-state index in [9.17, 15) is 9.59 Å². The zero-order valence-corrected chi connectivity index (χ0v) is 14.4. The summed E-state index contributed by atoms with van der Waals surface area (Å²) in [6.45, 7) is -0.175. The topological polar surface area (TPSA) is 84.0 Å². The summed E-state index contributed by atoms with van der Waals surface area (Å²) in [5.74, 6) is -0.187. The zero-order valence-electron chi connectivity index (χ0n) is 13.6. The minimum atomic E-state index is -0.378. The third kappa shape index (κ3) is 4.64. The van der Waals surface area contributed by atoms with Gasteiger partial charge >= 0.3 is 0 Å². The number of amides is 2. The van der Waals surface area contributed by atoms with Gasteiger partial charge < -0.3 is 10.6 Å². The Hall–Kier alpha value is -3.25. The van der Waals surface area contributed by atoms with E-state index >= 15 is 0 Å². The summed E-state index contributed by atoms with van der Waals surface area (Å²) in [5, 5.41) is 5.62. The van der Waals surface area contributed by atoms with Gasteiger partial charge in [-0.3, -0.25) is 9.59 Å². The molecule has 0 bridgehead atoms. The minimum Gasteiger partial charge on any atom is -0.343 e. The van der Waals surface area contributed by atoms with Crippen LogP contribution in [0.3, 0.4) is 0 Å². The van der Waals surface area contributed by atoms with E-state index < -0.39 is 0 Å². The number of halogens is 1. The molecule has 130 valence electrons. The molecule has 0 spiro atoms. The Kier molecular flexibility index (Phi) is 5.56. The van der Waals surface area contributed by atoms with E-state index in [0.717, 1.165) is 5.56 Å². The van der Waals surface area contributed by atoms with Crippen LogP contribution in [0.15, 0.2) is 67.0 Å². The first-order valence-electron chi connectivity index (χ1n) is 7.83. The fourth-order valence-electron chi connectivity index (χ4n) is 2.23. The predicted molar refractivity (Wildman–Crippen MR) is 99.9 cm³/mol. The highest BCUT2D eigenvalue weighted by atomic mass is 35.5. The lowest BCUT2D eigenvalue weighted by Gasteiger charge is -2.07. The van der Waals surface area contributed by atoms with E-state index in [4.69, 9.17) is 11.6 Å². The lowest BCUT2D eigenvalue weighted by atomic mass is 10.2. The highest BCUT2D eigenvalue weighted by Gasteiger charge is 2.09. The van der Waals surface area contributed by atoms with Crippen LogP contribution in [0.2, 0.25) is 5.02 Å². The lowest BCUT2D eigenvalue weighted by molar-refractivity contribution is -0.115. The Morgan fingerprint density at radius 2 is 1.69 bits per heavy atom. The van der Waals surface area contributed by atoms with E-state index in [-0.39, 0.29) is 18.4 Å². The zero-order chi connectivity index (χ0) is 18.4. The monoisotopic (exact) mass is 366 g/mol. The first-order chi connectivity index (χ1) is 12.6. The van der Waals surface area contributed by atoms with Crippen molar-refractivity contribution in [2.24, 2.45) is 0 Å². The molecule has 0 aliphatic heterocycles. The molecule has 7 heteroatoms. The Balaban J connectivity index is 1.54. The molecule has 3 rings (SSSR count). The number of nitrogens with zero attached hydrogens (tertiary/aromatic N) is 2. The minimum absolute atomic E-state index is 0.175. The van der Waals surface area contributed by atoms with Crippen molar-refractivity contribution in [3.05, 3.63) is 77.6 Å². The first kappa shape index (κ1) is 17.6. The van der Waals surface area contributed by atoms with Crippen molar-refractivity contribution in [3.63, 3.8) is 0 Å². The van der Waals surface area contributed by atoms with Gasteiger partial charge in [0, 0.05) is 16.1 Å². The number of benzene rings is 2. The number of rotatable bonds is 5. The molecule has 2 N–H and O–H groups in total. The Labute approximate surface area is 155 Å². The molecule has 0 fully saturated rings. The third-order valence-electron chi connectivity index (χ3n) is 3.46. The average molecular weight is 367 g/mol. The molecule has 0 aliphatic rings. The molecule has 0 aliphatic carbocycles. The molecule has 3 aromatic rings. The summed E-state index contributed by atoms with van der Waals surface area (Å²) in [6.07, 6.45) is 3.04. The van der Waals surface area contributed by atoms with Gasteiger partial charge in [-0.2, -0.15) is 0 Å². The summed E-state index contributed by atoms with van der Waals surface area (Å²) in [7, 11) is 0. The second kappa shape index (κ2) is 8.22. The Bertz CT molecular complexity index is 914. The summed E-state index contributed by atoms with van der Waals surface area (Å²) in [4.78, 5) is 32.4. The standard InChI is InChI=1S/C19H15ClN4O2/c20-15-8-4-7-14(9-15)19(26)23-12-17(25)24-16-10-21-18(22-11-16)13-5-2-1-3-6-13/h1-11H,12H2,(H,23,26)(H,24,25). The maximum Gasteiger partial charge on any atom is 0.251 e. The summed E-state index contributed by atoms with van der Waals surface area (Å²) in [5.41, 5.74) is 1.73. The Morgan fingerprint density at radius 1 is 0.962 bits per heavy atom. The number of hydrogen-bond acceptors (Lipinski definition) is 4. The van der Waals surface area contributed by atoms with E-state index in [1.165, 1.54) is 18.5 Å². The predicted octanol–water partition coefficient (Wildman–Crippen LogP) is 3.17. The van der Waals surface area contributed by atoms with Gasteiger partial charge in [-0.05, 0) is 18.2 Å². The van der Waals surface area contributed by atoms with E-state index in [1.807, 2.05) is 30.3 Å². The maximum atomic E-state index is 12.0. The number of aromatic nitrogens is 2. The van der Waals surface area contributed by atoms with Crippen molar-refractivity contribution in [1.29, 1.82) is 0 Å². The summed E-state index contributed by atoms with van der Waals surface area (Å²) in [6, 6.07) is 16.0. The van der Waals surface area contributed by atoms with Crippen LogP contribution in [0.5, 0.6) is 0 Å². The van der Waals surface area contributed by atoms with Crippen LogP contribution in [0.4, 0.5) is 5.69 Å². The van der Waals surface area contributed by atoms with Crippen LogP contribution >= 0.6 is 11.6 Å². The van der Waals surface area contributed by atoms with Gasteiger partial charge in [0.05, 0.1) is 24.6 Å². The molecule has 2 amide bonds. The van der Waals surface area contributed by atoms with Gasteiger partial charge in [0.1, 0.15) is 0 Å². The second-order valence-corrected chi connectivity index (χ2v) is 5.84. The van der Waals surface area contributed by atoms with Crippen molar-refractivity contribution in [2.45, 2.75) is 0 Å². The fourth-order valence-corrected chi connectivity index (χ4v) is 2.42. The number of carbonyl (C=O) groups excluding carboxylic acids is 2. The highest BCUT2D eigenvalue weighted by molar-refractivity contribution is 6.31. The molecule has 0 saturated carbocycles. The maximum absolute atomic E-state index is 12.0. The fraction of sp³-hybridized carbons (Fsp3) is 0.0526. The van der Waals surface area contributed by atoms with Crippen LogP contribution in [0.1, 0.15) is 10.4 Å². The van der Waals surface area contributed by atoms with Crippen molar-refractivity contribution in [2.75, 3.05) is 11.9 Å². The quantitative estimate of drug-likeness (QED) is 0.726. The molecule has 1 heterocycles. The number of nitrogens with one attached hydrogen (secondary N) is 2. The Morgan fingerprint density at radius 3 is 2.38 bits per heavy atom. The molecule has 2 aromatic carbocycles. The van der Waals surface area contributed by atoms with E-state index in [1.54, 1.807) is 18.2 Å². The molecular weight excluding hydrogens is 352 g/mol. The SMILES string of the molecule is O=C(CNC(=O)c1cccc(Cl)c1)Nc1cnc(-c2ccccc2)nc1. The highest BCUT2D eigenvalue weighted by Crippen LogP contribution is 2.14. The van der Waals surface area contributed by atoms with Crippen molar-refractivity contribution in [3.8, 4) is 11.4 Å². The third-order valence-corrected chi connectivity index (χ3v) is 3.70. The molecule has 26 heavy (non-hydrogen) atoms. The largest absolute Gasteiger partial charge is 0.343 e. The molecular formula is C19H15ClN4O2. The normalized spacial score (nSPS) is 10.2. The van der Waals surface area contributed by atoms with E-state index in [0.29, 0.717) is 22.1 Å². The average Bonchev–Trinajstić information content (AvgIpc) is 2.67. The van der Waals surface area contributed by atoms with E-state index in [2.05, 4.69) is 20.6 Å². The number of carbonyl (C=O) groups is 2. The molecule has 0 atom stereocenters. The van der Waals surface area contributed by atoms with Gasteiger partial charge in [-0.15, -0.1) is 0 Å². The second-order valence-electron chi connectivity index (χ2n) is 5.40. The number of hydrogen-bond donors (Lipinski definition) is 2. The van der Waals surface area contributed by atoms with Crippen molar-refractivity contribution in [1.82, 2.24) is 15.3 Å². The lowest BCUT2D eigenvalue weighted by Crippen LogP contribution is -2.32. The van der Waals surface area contributed by atoms with Gasteiger partial charge in [0.15, 0.2) is 5.82 Å². The van der Waals surface area contributed by atoms with Crippen LogP contribution in [-0.2, 0) is 4.79 Å². The molecule has 0 radical (unpaired) electrons. The van der Waals surface area contributed by atoms with Crippen molar-refractivity contribution >= 4 is 29.1 Å². The van der Waals surface area contributed by atoms with Gasteiger partial charge in [0.2, 0.25) is 5.91 Å². The van der Waals surface area contributed by atoms with Crippen LogP contribution in [0, 0.1) is 0 Å². The molecule has 1 aromatic heterocycles. The van der Waals surface area contributed by atoms with Gasteiger partial charge in [-0.1, -0.05) is 48.0 Å². The van der Waals surface area contributed by atoms with Crippen LogP contribution < -0.4 is 10.6 Å². The van der Waals surface area contributed by atoms with Crippen LogP contribution in [-0.4, -0.2) is 28.3 Å². The molecule has 0 unspecified atom stereocenters. The van der Waals surface area contributed by atoms with Crippen LogP contribution in [0.25, 0.3) is 11.4 Å². The molecule has 6 nitrogen and oxygen atoms in total. The first-order valence-corrected chi connectivity index (χ1v) is 8.21. The number of anilines is 1. The molecule has 0 saturated heterocycles.